The van der Waals surface area contributed by atoms with Crippen LogP contribution in [0.15, 0.2) is 0 Å². The van der Waals surface area contributed by atoms with Gasteiger partial charge in [-0.1, -0.05) is 0 Å². The van der Waals surface area contributed by atoms with Gasteiger partial charge in [-0.3, -0.25) is 4.90 Å². The Morgan fingerprint density at radius 1 is 1.46 bits per heavy atom. The lowest BCUT2D eigenvalue weighted by atomic mass is 10.0. The third-order valence-electron chi connectivity index (χ3n) is 2.68. The van der Waals surface area contributed by atoms with Crippen LogP contribution in [-0.2, 0) is 4.74 Å². The van der Waals surface area contributed by atoms with E-state index in [1.54, 1.807) is 0 Å². The van der Waals surface area contributed by atoms with E-state index in [1.807, 2.05) is 6.92 Å². The van der Waals surface area contributed by atoms with E-state index in [4.69, 9.17) is 10.5 Å². The van der Waals surface area contributed by atoms with Gasteiger partial charge in [-0.25, -0.2) is 0 Å². The van der Waals surface area contributed by atoms with E-state index in [9.17, 15) is 0 Å². The number of hydrogen-bond acceptors (Lipinski definition) is 3. The van der Waals surface area contributed by atoms with Crippen molar-refractivity contribution in [3.8, 4) is 0 Å². The molecule has 1 atom stereocenters. The summed E-state index contributed by atoms with van der Waals surface area (Å²) in [6.07, 6.45) is 0. The normalized spacial score (nSPS) is 16.6. The van der Waals surface area contributed by atoms with Crippen molar-refractivity contribution < 1.29 is 4.74 Å². The fourth-order valence-electron chi connectivity index (χ4n) is 1.25. The van der Waals surface area contributed by atoms with E-state index in [-0.39, 0.29) is 5.54 Å². The van der Waals surface area contributed by atoms with Gasteiger partial charge in [0.05, 0.1) is 12.1 Å². The van der Waals surface area contributed by atoms with Gasteiger partial charge in [0, 0.05) is 19.2 Å². The summed E-state index contributed by atoms with van der Waals surface area (Å²) in [5, 5.41) is 0. The third kappa shape index (κ3) is 3.63. The van der Waals surface area contributed by atoms with Crippen molar-refractivity contribution in [1.82, 2.24) is 4.90 Å². The van der Waals surface area contributed by atoms with Crippen LogP contribution in [0.4, 0.5) is 0 Å². The smallest absolute Gasteiger partial charge is 0.0659 e. The molecular weight excluding hydrogens is 164 g/mol. The summed E-state index contributed by atoms with van der Waals surface area (Å²) in [5.41, 5.74) is 5.73. The molecule has 0 aliphatic heterocycles. The molecule has 0 fully saturated rings. The first kappa shape index (κ1) is 12.9. The molecular formula is C10H24N2O. The lowest BCUT2D eigenvalue weighted by Gasteiger charge is -2.40. The molecule has 0 radical (unpaired) electrons. The first-order valence-corrected chi connectivity index (χ1v) is 4.98. The molecule has 3 heteroatoms. The quantitative estimate of drug-likeness (QED) is 0.678. The molecule has 0 saturated heterocycles. The largest absolute Gasteiger partial charge is 0.380 e. The van der Waals surface area contributed by atoms with Crippen LogP contribution in [0.2, 0.25) is 0 Å². The molecule has 1 unspecified atom stereocenters. The average molecular weight is 188 g/mol. The number of rotatable bonds is 6. The summed E-state index contributed by atoms with van der Waals surface area (Å²) in [4.78, 5) is 2.27. The van der Waals surface area contributed by atoms with Gasteiger partial charge < -0.3 is 10.5 Å². The number of likely N-dealkylation sites (N-methyl/N-ethyl adjacent to an activating group) is 1. The summed E-state index contributed by atoms with van der Waals surface area (Å²) in [6, 6.07) is 0.494. The second kappa shape index (κ2) is 5.58. The summed E-state index contributed by atoms with van der Waals surface area (Å²) in [5.74, 6) is 0. The topological polar surface area (TPSA) is 38.5 Å². The van der Waals surface area contributed by atoms with Gasteiger partial charge in [0.25, 0.3) is 0 Å². The Labute approximate surface area is 82.2 Å². The molecule has 2 N–H and O–H groups in total. The Bertz CT molecular complexity index is 139. The molecule has 80 valence electrons. The second-order valence-corrected chi connectivity index (χ2v) is 4.04. The van der Waals surface area contributed by atoms with E-state index >= 15 is 0 Å². The highest BCUT2D eigenvalue weighted by atomic mass is 16.5. The summed E-state index contributed by atoms with van der Waals surface area (Å²) in [6.45, 7) is 10.6. The fourth-order valence-corrected chi connectivity index (χ4v) is 1.25. The molecule has 0 aliphatic carbocycles. The standard InChI is InChI=1S/C10H24N2O/c1-6-13-8-10(4,7-11)12(5)9(2)3/h9H,6-8,11H2,1-5H3. The molecule has 0 spiro atoms. The predicted molar refractivity (Wildman–Crippen MR) is 56.9 cm³/mol. The molecule has 0 aromatic heterocycles. The predicted octanol–water partition coefficient (Wildman–Crippen LogP) is 1.08. The van der Waals surface area contributed by atoms with Gasteiger partial charge >= 0.3 is 0 Å². The summed E-state index contributed by atoms with van der Waals surface area (Å²) in [7, 11) is 2.09. The van der Waals surface area contributed by atoms with Gasteiger partial charge in [0.15, 0.2) is 0 Å². The molecule has 0 rings (SSSR count). The summed E-state index contributed by atoms with van der Waals surface area (Å²) >= 11 is 0. The van der Waals surface area contributed by atoms with Crippen molar-refractivity contribution in [2.75, 3.05) is 26.8 Å². The minimum Gasteiger partial charge on any atom is -0.380 e. The highest BCUT2D eigenvalue weighted by molar-refractivity contribution is 4.87. The lowest BCUT2D eigenvalue weighted by molar-refractivity contribution is 0.00955. The zero-order valence-corrected chi connectivity index (χ0v) is 9.63. The van der Waals surface area contributed by atoms with E-state index in [2.05, 4.69) is 32.7 Å². The second-order valence-electron chi connectivity index (χ2n) is 4.04. The summed E-state index contributed by atoms with van der Waals surface area (Å²) < 4.78 is 5.44. The average Bonchev–Trinajstić information content (AvgIpc) is 2.12. The first-order chi connectivity index (χ1) is 5.98. The fraction of sp³-hybridized carbons (Fsp3) is 1.00. The monoisotopic (exact) mass is 188 g/mol. The van der Waals surface area contributed by atoms with E-state index < -0.39 is 0 Å². The van der Waals surface area contributed by atoms with Gasteiger partial charge in [-0.2, -0.15) is 0 Å². The first-order valence-electron chi connectivity index (χ1n) is 4.98. The highest BCUT2D eigenvalue weighted by Crippen LogP contribution is 2.15. The number of ether oxygens (including phenoxy) is 1. The Kier molecular flexibility index (Phi) is 5.53. The highest BCUT2D eigenvalue weighted by Gasteiger charge is 2.29. The maximum absolute atomic E-state index is 5.76. The van der Waals surface area contributed by atoms with Gasteiger partial charge in [-0.15, -0.1) is 0 Å². The van der Waals surface area contributed by atoms with Crippen molar-refractivity contribution in [2.45, 2.75) is 39.3 Å². The molecule has 0 heterocycles. The molecule has 0 aliphatic rings. The van der Waals surface area contributed by atoms with Crippen LogP contribution in [0.1, 0.15) is 27.7 Å². The zero-order chi connectivity index (χ0) is 10.5. The van der Waals surface area contributed by atoms with Crippen LogP contribution in [0.5, 0.6) is 0 Å². The minimum atomic E-state index is -0.0375. The van der Waals surface area contributed by atoms with Crippen LogP contribution in [0, 0.1) is 0 Å². The maximum Gasteiger partial charge on any atom is 0.0659 e. The minimum absolute atomic E-state index is 0.0375. The van der Waals surface area contributed by atoms with E-state index in [0.29, 0.717) is 19.2 Å². The van der Waals surface area contributed by atoms with Crippen molar-refractivity contribution in [3.63, 3.8) is 0 Å². The van der Waals surface area contributed by atoms with Crippen molar-refractivity contribution in [2.24, 2.45) is 5.73 Å². The van der Waals surface area contributed by atoms with Crippen LogP contribution in [-0.4, -0.2) is 43.3 Å². The number of nitrogens with two attached hydrogens (primary N) is 1. The Balaban J connectivity index is 4.24. The maximum atomic E-state index is 5.76. The van der Waals surface area contributed by atoms with Gasteiger partial charge in [0.2, 0.25) is 0 Å². The zero-order valence-electron chi connectivity index (χ0n) is 9.63. The SMILES string of the molecule is CCOCC(C)(CN)N(C)C(C)C. The molecule has 0 aromatic rings. The molecule has 13 heavy (non-hydrogen) atoms. The molecule has 0 saturated carbocycles. The molecule has 3 nitrogen and oxygen atoms in total. The van der Waals surface area contributed by atoms with Crippen LogP contribution < -0.4 is 5.73 Å². The Hall–Kier alpha value is -0.120. The van der Waals surface area contributed by atoms with Crippen molar-refractivity contribution in [1.29, 1.82) is 0 Å². The van der Waals surface area contributed by atoms with E-state index in [1.165, 1.54) is 0 Å². The van der Waals surface area contributed by atoms with Crippen LogP contribution >= 0.6 is 0 Å². The lowest BCUT2D eigenvalue weighted by Crippen LogP contribution is -2.55. The Morgan fingerprint density at radius 3 is 2.31 bits per heavy atom. The van der Waals surface area contributed by atoms with Crippen LogP contribution in [0.25, 0.3) is 0 Å². The van der Waals surface area contributed by atoms with Gasteiger partial charge in [-0.05, 0) is 34.7 Å². The molecule has 0 aromatic carbocycles. The van der Waals surface area contributed by atoms with Gasteiger partial charge in [0.1, 0.15) is 0 Å². The number of nitrogens with zero attached hydrogens (tertiary/aromatic N) is 1. The molecule has 0 amide bonds. The number of hydrogen-bond donors (Lipinski definition) is 1. The molecule has 0 bridgehead atoms. The van der Waals surface area contributed by atoms with Crippen molar-refractivity contribution >= 4 is 0 Å². The van der Waals surface area contributed by atoms with E-state index in [0.717, 1.165) is 6.61 Å². The van der Waals surface area contributed by atoms with Crippen LogP contribution in [0.3, 0.4) is 0 Å². The Morgan fingerprint density at radius 2 is 2.00 bits per heavy atom. The van der Waals surface area contributed by atoms with Crippen molar-refractivity contribution in [3.05, 3.63) is 0 Å². The third-order valence-corrected chi connectivity index (χ3v) is 2.68.